The van der Waals surface area contributed by atoms with Crippen molar-refractivity contribution in [3.05, 3.63) is 125 Å². The molecule has 1 fully saturated rings. The summed E-state index contributed by atoms with van der Waals surface area (Å²) in [6.07, 6.45) is 2.34. The largest absolute Gasteiger partial charge is 0.453 e. The lowest BCUT2D eigenvalue weighted by Gasteiger charge is -2.23. The Morgan fingerprint density at radius 2 is 1.66 bits per heavy atom. The van der Waals surface area contributed by atoms with Gasteiger partial charge in [0.25, 0.3) is 5.91 Å². The van der Waals surface area contributed by atoms with Gasteiger partial charge in [-0.15, -0.1) is 0 Å². The zero-order chi connectivity index (χ0) is 26.5. The maximum absolute atomic E-state index is 13.9. The molecular formula is C31H27FN2O4. The van der Waals surface area contributed by atoms with E-state index in [-0.39, 0.29) is 23.1 Å². The molecule has 0 radical (unpaired) electrons. The molecule has 7 heteroatoms. The minimum absolute atomic E-state index is 0.0851. The monoisotopic (exact) mass is 510 g/mol. The number of Topliss-reactive ketones (excluding diaryl/α,β-unsaturated/α-hetero) is 1. The molecule has 192 valence electrons. The zero-order valence-electron chi connectivity index (χ0n) is 20.7. The van der Waals surface area contributed by atoms with Gasteiger partial charge in [-0.25, -0.2) is 9.37 Å². The Hall–Kier alpha value is -4.36. The SMILES string of the molecule is O=C(c1ccc(CN(CC2CC2)C(=O)c2ccc(Oc3ccccc3F)cn2)cc1)C(O)c1ccccc1. The quantitative estimate of drug-likeness (QED) is 0.266. The lowest BCUT2D eigenvalue weighted by molar-refractivity contribution is 0.0726. The number of hydrogen-bond donors (Lipinski definition) is 1. The number of ketones is 1. The first kappa shape index (κ1) is 25.3. The molecule has 6 nitrogen and oxygen atoms in total. The van der Waals surface area contributed by atoms with Gasteiger partial charge in [-0.3, -0.25) is 9.59 Å². The fraction of sp³-hybridized carbons (Fsp3) is 0.194. The second-order valence-corrected chi connectivity index (χ2v) is 9.42. The summed E-state index contributed by atoms with van der Waals surface area (Å²) in [6, 6.07) is 25.0. The van der Waals surface area contributed by atoms with Gasteiger partial charge in [0.2, 0.25) is 0 Å². The van der Waals surface area contributed by atoms with Crippen LogP contribution >= 0.6 is 0 Å². The van der Waals surface area contributed by atoms with E-state index < -0.39 is 11.9 Å². The predicted octanol–water partition coefficient (Wildman–Crippen LogP) is 5.98. The molecule has 1 unspecified atom stereocenters. The molecule has 1 aromatic heterocycles. The number of aliphatic hydroxyl groups excluding tert-OH is 1. The molecule has 1 amide bonds. The molecule has 1 atom stereocenters. The van der Waals surface area contributed by atoms with Crippen molar-refractivity contribution in [2.75, 3.05) is 6.54 Å². The lowest BCUT2D eigenvalue weighted by atomic mass is 9.99. The van der Waals surface area contributed by atoms with E-state index in [0.29, 0.717) is 35.9 Å². The molecule has 0 spiro atoms. The number of rotatable bonds is 10. The number of amides is 1. The van der Waals surface area contributed by atoms with Gasteiger partial charge in [0, 0.05) is 18.7 Å². The van der Waals surface area contributed by atoms with Gasteiger partial charge in [0.05, 0.1) is 6.20 Å². The van der Waals surface area contributed by atoms with E-state index in [4.69, 9.17) is 4.74 Å². The number of ether oxygens (including phenoxy) is 1. The second-order valence-electron chi connectivity index (χ2n) is 9.42. The molecule has 1 heterocycles. The minimum Gasteiger partial charge on any atom is -0.453 e. The van der Waals surface area contributed by atoms with Gasteiger partial charge in [-0.05, 0) is 54.2 Å². The van der Waals surface area contributed by atoms with E-state index in [0.717, 1.165) is 18.4 Å². The minimum atomic E-state index is -1.23. The number of halogens is 1. The highest BCUT2D eigenvalue weighted by Crippen LogP contribution is 2.31. The molecule has 5 rings (SSSR count). The summed E-state index contributed by atoms with van der Waals surface area (Å²) in [7, 11) is 0. The molecule has 0 aliphatic heterocycles. The predicted molar refractivity (Wildman–Crippen MR) is 140 cm³/mol. The number of benzene rings is 3. The van der Waals surface area contributed by atoms with Gasteiger partial charge < -0.3 is 14.7 Å². The van der Waals surface area contributed by atoms with E-state index in [1.807, 2.05) is 6.07 Å². The molecule has 4 aromatic rings. The highest BCUT2D eigenvalue weighted by molar-refractivity contribution is 5.99. The number of aromatic nitrogens is 1. The maximum Gasteiger partial charge on any atom is 0.272 e. The smallest absolute Gasteiger partial charge is 0.272 e. The first-order chi connectivity index (χ1) is 18.5. The van der Waals surface area contributed by atoms with Crippen LogP contribution in [-0.4, -0.2) is 33.2 Å². The maximum atomic E-state index is 13.9. The average Bonchev–Trinajstić information content (AvgIpc) is 3.78. The number of aliphatic hydroxyl groups is 1. The standard InChI is InChI=1S/C31H27FN2O4/c32-26-8-4-5-9-28(26)38-25-16-17-27(33-18-25)31(37)34(19-21-10-11-21)20-22-12-14-24(15-13-22)30(36)29(35)23-6-2-1-3-7-23/h1-9,12-18,21,29,35H,10-11,19-20H2. The third-order valence-corrected chi connectivity index (χ3v) is 6.46. The van der Waals surface area contributed by atoms with Crippen LogP contribution in [0.25, 0.3) is 0 Å². The Kier molecular flexibility index (Phi) is 7.56. The molecular weight excluding hydrogens is 483 g/mol. The van der Waals surface area contributed by atoms with Crippen molar-refractivity contribution < 1.29 is 23.8 Å². The summed E-state index contributed by atoms with van der Waals surface area (Å²) in [5.41, 5.74) is 2.08. The number of para-hydroxylation sites is 1. The Morgan fingerprint density at radius 3 is 2.32 bits per heavy atom. The van der Waals surface area contributed by atoms with Crippen molar-refractivity contribution in [2.24, 2.45) is 5.92 Å². The molecule has 1 saturated carbocycles. The van der Waals surface area contributed by atoms with Crippen LogP contribution in [0.2, 0.25) is 0 Å². The van der Waals surface area contributed by atoms with Crippen LogP contribution in [0.4, 0.5) is 4.39 Å². The Bertz CT molecular complexity index is 1400. The molecule has 1 N–H and O–H groups in total. The molecule has 38 heavy (non-hydrogen) atoms. The number of nitrogens with zero attached hydrogens (tertiary/aromatic N) is 2. The summed E-state index contributed by atoms with van der Waals surface area (Å²) >= 11 is 0. The Labute approximate surface area is 220 Å². The van der Waals surface area contributed by atoms with Crippen LogP contribution in [0, 0.1) is 11.7 Å². The van der Waals surface area contributed by atoms with E-state index in [2.05, 4.69) is 4.98 Å². The number of hydrogen-bond acceptors (Lipinski definition) is 5. The van der Waals surface area contributed by atoms with E-state index >= 15 is 0 Å². The summed E-state index contributed by atoms with van der Waals surface area (Å²) in [5.74, 6) is -0.195. The second kappa shape index (κ2) is 11.4. The fourth-order valence-electron chi connectivity index (χ4n) is 4.15. The van der Waals surface area contributed by atoms with Crippen LogP contribution < -0.4 is 4.74 Å². The number of carbonyl (C=O) groups excluding carboxylic acids is 2. The van der Waals surface area contributed by atoms with Gasteiger partial charge in [0.15, 0.2) is 17.3 Å². The van der Waals surface area contributed by atoms with Crippen molar-refractivity contribution in [3.8, 4) is 11.5 Å². The molecule has 3 aromatic carbocycles. The third-order valence-electron chi connectivity index (χ3n) is 6.46. The van der Waals surface area contributed by atoms with Gasteiger partial charge in [-0.2, -0.15) is 0 Å². The number of carbonyl (C=O) groups is 2. The van der Waals surface area contributed by atoms with Crippen LogP contribution in [0.3, 0.4) is 0 Å². The van der Waals surface area contributed by atoms with Crippen molar-refractivity contribution in [1.29, 1.82) is 0 Å². The highest BCUT2D eigenvalue weighted by Gasteiger charge is 2.28. The van der Waals surface area contributed by atoms with Crippen LogP contribution in [-0.2, 0) is 6.54 Å². The molecule has 1 aliphatic carbocycles. The number of pyridine rings is 1. The van der Waals surface area contributed by atoms with Crippen molar-refractivity contribution in [3.63, 3.8) is 0 Å². The van der Waals surface area contributed by atoms with E-state index in [1.54, 1.807) is 77.7 Å². The molecule has 0 bridgehead atoms. The van der Waals surface area contributed by atoms with E-state index in [9.17, 15) is 19.1 Å². The Morgan fingerprint density at radius 1 is 0.947 bits per heavy atom. The Balaban J connectivity index is 1.26. The van der Waals surface area contributed by atoms with Gasteiger partial charge in [0.1, 0.15) is 17.5 Å². The van der Waals surface area contributed by atoms with Crippen molar-refractivity contribution in [2.45, 2.75) is 25.5 Å². The average molecular weight is 511 g/mol. The first-order valence-electron chi connectivity index (χ1n) is 12.5. The summed E-state index contributed by atoms with van der Waals surface area (Å²) < 4.78 is 19.4. The van der Waals surface area contributed by atoms with Gasteiger partial charge >= 0.3 is 0 Å². The molecule has 0 saturated heterocycles. The van der Waals surface area contributed by atoms with Crippen LogP contribution in [0.1, 0.15) is 50.9 Å². The summed E-state index contributed by atoms with van der Waals surface area (Å²) in [6.45, 7) is 0.974. The topological polar surface area (TPSA) is 79.7 Å². The summed E-state index contributed by atoms with van der Waals surface area (Å²) in [4.78, 5) is 32.1. The first-order valence-corrected chi connectivity index (χ1v) is 12.5. The highest BCUT2D eigenvalue weighted by atomic mass is 19.1. The molecule has 1 aliphatic rings. The fourth-order valence-corrected chi connectivity index (χ4v) is 4.15. The van der Waals surface area contributed by atoms with Crippen LogP contribution in [0.15, 0.2) is 97.2 Å². The normalized spacial score (nSPS) is 13.5. The third kappa shape index (κ3) is 6.12. The lowest BCUT2D eigenvalue weighted by Crippen LogP contribution is -2.33. The van der Waals surface area contributed by atoms with Crippen molar-refractivity contribution >= 4 is 11.7 Å². The zero-order valence-corrected chi connectivity index (χ0v) is 20.7. The van der Waals surface area contributed by atoms with Crippen molar-refractivity contribution in [1.82, 2.24) is 9.88 Å². The van der Waals surface area contributed by atoms with Gasteiger partial charge in [-0.1, -0.05) is 66.7 Å². The van der Waals surface area contributed by atoms with E-state index in [1.165, 1.54) is 18.3 Å². The summed E-state index contributed by atoms with van der Waals surface area (Å²) in [5, 5.41) is 10.4. The van der Waals surface area contributed by atoms with Crippen LogP contribution in [0.5, 0.6) is 11.5 Å².